The van der Waals surface area contributed by atoms with Gasteiger partial charge in [0.1, 0.15) is 5.82 Å². The highest BCUT2D eigenvalue weighted by molar-refractivity contribution is 7.89. The van der Waals surface area contributed by atoms with Crippen LogP contribution >= 0.6 is 0 Å². The summed E-state index contributed by atoms with van der Waals surface area (Å²) >= 11 is 0. The number of anilines is 1. The highest BCUT2D eigenvalue weighted by Gasteiger charge is 2.10. The molecule has 3 aromatic heterocycles. The number of benzene rings is 2. The molecule has 0 aliphatic carbocycles. The summed E-state index contributed by atoms with van der Waals surface area (Å²) < 4.78 is 24.5. The third-order valence-electron chi connectivity index (χ3n) is 4.94. The average Bonchev–Trinajstić information content (AvgIpc) is 3.37. The SMILES string of the molecule is NS(=O)(=O)c1ccc(CNc2ccc3ncc(-c4ccc5[nH]ccc5c4)n3n2)cc1. The summed E-state index contributed by atoms with van der Waals surface area (Å²) in [6, 6.07) is 18.4. The summed E-state index contributed by atoms with van der Waals surface area (Å²) in [5.74, 6) is 0.681. The maximum absolute atomic E-state index is 11.4. The van der Waals surface area contributed by atoms with E-state index >= 15 is 0 Å². The Morgan fingerprint density at radius 2 is 1.87 bits per heavy atom. The zero-order chi connectivity index (χ0) is 20.7. The minimum Gasteiger partial charge on any atom is -0.365 e. The Morgan fingerprint density at radius 3 is 2.67 bits per heavy atom. The molecule has 4 N–H and O–H groups in total. The van der Waals surface area contributed by atoms with E-state index in [0.29, 0.717) is 12.4 Å². The third kappa shape index (κ3) is 3.40. The van der Waals surface area contributed by atoms with Crippen molar-refractivity contribution in [3.05, 3.63) is 78.6 Å². The number of nitrogens with two attached hydrogens (primary N) is 1. The lowest BCUT2D eigenvalue weighted by molar-refractivity contribution is 0.598. The number of rotatable bonds is 5. The van der Waals surface area contributed by atoms with Crippen LogP contribution < -0.4 is 10.5 Å². The topological polar surface area (TPSA) is 118 Å². The number of nitrogens with one attached hydrogen (secondary N) is 2. The lowest BCUT2D eigenvalue weighted by atomic mass is 10.1. The van der Waals surface area contributed by atoms with Crippen molar-refractivity contribution in [3.8, 4) is 11.3 Å². The van der Waals surface area contributed by atoms with Gasteiger partial charge in [-0.15, -0.1) is 5.10 Å². The molecule has 30 heavy (non-hydrogen) atoms. The van der Waals surface area contributed by atoms with E-state index in [9.17, 15) is 8.42 Å². The maximum atomic E-state index is 11.4. The number of aromatic amines is 1. The number of fused-ring (bicyclic) bond motifs is 2. The summed E-state index contributed by atoms with van der Waals surface area (Å²) in [5, 5.41) is 14.2. The zero-order valence-corrected chi connectivity index (χ0v) is 16.6. The van der Waals surface area contributed by atoms with Crippen LogP contribution in [0, 0.1) is 0 Å². The van der Waals surface area contributed by atoms with Gasteiger partial charge in [-0.05, 0) is 48.0 Å². The number of hydrogen-bond acceptors (Lipinski definition) is 5. The van der Waals surface area contributed by atoms with Crippen LogP contribution in [0.1, 0.15) is 5.56 Å². The molecule has 0 atom stereocenters. The van der Waals surface area contributed by atoms with Crippen molar-refractivity contribution in [2.24, 2.45) is 5.14 Å². The Labute approximate surface area is 172 Å². The standard InChI is InChI=1S/C21H18N6O2S/c22-30(28,29)17-4-1-14(2-5-17)12-24-20-7-8-21-25-13-19(27(21)26-20)16-3-6-18-15(11-16)9-10-23-18/h1-11,13,23H,12H2,(H,24,26)(H2,22,28,29). The molecule has 3 heterocycles. The number of sulfonamides is 1. The summed E-state index contributed by atoms with van der Waals surface area (Å²) in [6.07, 6.45) is 3.73. The second-order valence-corrected chi connectivity index (χ2v) is 8.52. The first kappa shape index (κ1) is 18.3. The van der Waals surface area contributed by atoms with Gasteiger partial charge in [0, 0.05) is 29.2 Å². The van der Waals surface area contributed by atoms with Crippen molar-refractivity contribution in [2.75, 3.05) is 5.32 Å². The predicted molar refractivity (Wildman–Crippen MR) is 115 cm³/mol. The number of H-pyrrole nitrogens is 1. The van der Waals surface area contributed by atoms with E-state index in [4.69, 9.17) is 5.14 Å². The van der Waals surface area contributed by atoms with Crippen LogP contribution in [-0.4, -0.2) is 28.0 Å². The van der Waals surface area contributed by atoms with E-state index in [0.717, 1.165) is 33.4 Å². The molecule has 5 aromatic rings. The molecule has 0 saturated heterocycles. The van der Waals surface area contributed by atoms with Crippen LogP contribution in [0.25, 0.3) is 27.8 Å². The van der Waals surface area contributed by atoms with E-state index in [-0.39, 0.29) is 4.90 Å². The first-order chi connectivity index (χ1) is 14.5. The summed E-state index contributed by atoms with van der Waals surface area (Å²) in [7, 11) is -3.69. The van der Waals surface area contributed by atoms with Gasteiger partial charge in [0.15, 0.2) is 5.65 Å². The Kier molecular flexibility index (Phi) is 4.27. The lowest BCUT2D eigenvalue weighted by Gasteiger charge is -2.08. The van der Waals surface area contributed by atoms with Gasteiger partial charge in [0.25, 0.3) is 0 Å². The Balaban J connectivity index is 1.41. The molecule has 0 radical (unpaired) electrons. The van der Waals surface area contributed by atoms with Crippen molar-refractivity contribution in [1.82, 2.24) is 19.6 Å². The molecule has 2 aromatic carbocycles. The number of primary sulfonamides is 1. The van der Waals surface area contributed by atoms with Gasteiger partial charge in [0.2, 0.25) is 10.0 Å². The molecule has 5 rings (SSSR count). The molecule has 0 bridgehead atoms. The molecule has 0 aliphatic heterocycles. The van der Waals surface area contributed by atoms with Crippen molar-refractivity contribution in [2.45, 2.75) is 11.4 Å². The fraction of sp³-hybridized carbons (Fsp3) is 0.0476. The van der Waals surface area contributed by atoms with Crippen LogP contribution in [0.2, 0.25) is 0 Å². The third-order valence-corrected chi connectivity index (χ3v) is 5.87. The van der Waals surface area contributed by atoms with E-state index in [1.807, 2.05) is 42.7 Å². The molecule has 0 fully saturated rings. The largest absolute Gasteiger partial charge is 0.365 e. The molecule has 0 spiro atoms. The molecule has 0 aliphatic rings. The van der Waals surface area contributed by atoms with Crippen LogP contribution in [0.5, 0.6) is 0 Å². The molecule has 150 valence electrons. The van der Waals surface area contributed by atoms with Crippen LogP contribution in [0.3, 0.4) is 0 Å². The van der Waals surface area contributed by atoms with Crippen molar-refractivity contribution < 1.29 is 8.42 Å². The van der Waals surface area contributed by atoms with Gasteiger partial charge < -0.3 is 10.3 Å². The van der Waals surface area contributed by atoms with Gasteiger partial charge in [-0.25, -0.2) is 23.1 Å². The second-order valence-electron chi connectivity index (χ2n) is 6.95. The van der Waals surface area contributed by atoms with E-state index in [1.54, 1.807) is 16.6 Å². The quantitative estimate of drug-likeness (QED) is 0.405. The van der Waals surface area contributed by atoms with Crippen LogP contribution in [-0.2, 0) is 16.6 Å². The van der Waals surface area contributed by atoms with Crippen molar-refractivity contribution in [1.29, 1.82) is 0 Å². The summed E-state index contributed by atoms with van der Waals surface area (Å²) in [6.45, 7) is 0.489. The molecule has 0 saturated carbocycles. The fourth-order valence-corrected chi connectivity index (χ4v) is 3.88. The molecule has 0 amide bonds. The molecule has 9 heteroatoms. The zero-order valence-electron chi connectivity index (χ0n) is 15.8. The van der Waals surface area contributed by atoms with E-state index < -0.39 is 10.0 Å². The number of imidazole rings is 1. The number of hydrogen-bond donors (Lipinski definition) is 3. The number of aromatic nitrogens is 4. The van der Waals surface area contributed by atoms with Gasteiger partial charge in [-0.1, -0.05) is 18.2 Å². The van der Waals surface area contributed by atoms with Crippen LogP contribution in [0.15, 0.2) is 78.0 Å². The number of nitrogens with zero attached hydrogens (tertiary/aromatic N) is 3. The Hall–Kier alpha value is -3.69. The van der Waals surface area contributed by atoms with Gasteiger partial charge in [0.05, 0.1) is 16.8 Å². The lowest BCUT2D eigenvalue weighted by Crippen LogP contribution is -2.12. The van der Waals surface area contributed by atoms with Gasteiger partial charge in [-0.2, -0.15) is 0 Å². The highest BCUT2D eigenvalue weighted by Crippen LogP contribution is 2.25. The molecule has 8 nitrogen and oxygen atoms in total. The monoisotopic (exact) mass is 418 g/mol. The van der Waals surface area contributed by atoms with Gasteiger partial charge in [-0.3, -0.25) is 0 Å². The first-order valence-electron chi connectivity index (χ1n) is 9.25. The van der Waals surface area contributed by atoms with Gasteiger partial charge >= 0.3 is 0 Å². The van der Waals surface area contributed by atoms with E-state index in [1.165, 1.54) is 12.1 Å². The predicted octanol–water partition coefficient (Wildman–Crippen LogP) is 3.14. The first-order valence-corrected chi connectivity index (χ1v) is 10.8. The van der Waals surface area contributed by atoms with Crippen molar-refractivity contribution in [3.63, 3.8) is 0 Å². The normalized spacial score (nSPS) is 11.9. The summed E-state index contributed by atoms with van der Waals surface area (Å²) in [4.78, 5) is 7.74. The highest BCUT2D eigenvalue weighted by atomic mass is 32.2. The second kappa shape index (κ2) is 6.97. The van der Waals surface area contributed by atoms with Crippen molar-refractivity contribution >= 4 is 32.4 Å². The smallest absolute Gasteiger partial charge is 0.238 e. The summed E-state index contributed by atoms with van der Waals surface area (Å²) in [5.41, 5.74) is 4.67. The minimum atomic E-state index is -3.69. The minimum absolute atomic E-state index is 0.0910. The van der Waals surface area contributed by atoms with Crippen LogP contribution in [0.4, 0.5) is 5.82 Å². The Bertz CT molecular complexity index is 1470. The maximum Gasteiger partial charge on any atom is 0.238 e. The molecule has 0 unspecified atom stereocenters. The average molecular weight is 418 g/mol. The fourth-order valence-electron chi connectivity index (χ4n) is 3.37. The van der Waals surface area contributed by atoms with E-state index in [2.05, 4.69) is 26.4 Å². The molecular formula is C21H18N6O2S. The Morgan fingerprint density at radius 1 is 1.03 bits per heavy atom. The molecular weight excluding hydrogens is 400 g/mol.